The van der Waals surface area contributed by atoms with Crippen LogP contribution in [0.5, 0.6) is 0 Å². The van der Waals surface area contributed by atoms with Crippen molar-refractivity contribution in [3.8, 4) is 0 Å². The number of aliphatic carboxylic acids is 1. The number of carboxylic acid groups (broad SMARTS) is 1. The van der Waals surface area contributed by atoms with Crippen molar-refractivity contribution in [2.45, 2.75) is 19.3 Å². The molecule has 1 saturated heterocycles. The van der Waals surface area contributed by atoms with Gasteiger partial charge < -0.3 is 15.3 Å². The normalized spacial score (nSPS) is 17.8. The molecule has 2 amide bonds. The molecule has 2 rings (SSSR count). The van der Waals surface area contributed by atoms with E-state index < -0.39 is 17.8 Å². The van der Waals surface area contributed by atoms with Crippen molar-refractivity contribution in [2.24, 2.45) is 5.92 Å². The van der Waals surface area contributed by atoms with Crippen LogP contribution in [0.15, 0.2) is 18.2 Å². The number of carbonyl (C=O) groups excluding carboxylic acids is 1. The van der Waals surface area contributed by atoms with Crippen molar-refractivity contribution in [1.82, 2.24) is 4.90 Å². The fraction of sp³-hybridized carbons (Fsp3) is 0.429. The maximum absolute atomic E-state index is 13.7. The van der Waals surface area contributed by atoms with Crippen molar-refractivity contribution < 1.29 is 19.1 Å². The second-order valence-corrected chi connectivity index (χ2v) is 5.47. The van der Waals surface area contributed by atoms with Gasteiger partial charge in [-0.15, -0.1) is 0 Å². The number of amides is 2. The molecule has 0 aliphatic carbocycles. The maximum Gasteiger partial charge on any atom is 0.321 e. The Morgan fingerprint density at radius 2 is 2.24 bits per heavy atom. The molecule has 2 N–H and O–H groups in total. The molecule has 1 aliphatic rings. The van der Waals surface area contributed by atoms with Gasteiger partial charge in [0.2, 0.25) is 0 Å². The zero-order valence-electron chi connectivity index (χ0n) is 11.3. The van der Waals surface area contributed by atoms with Crippen LogP contribution in [0.1, 0.15) is 19.3 Å². The summed E-state index contributed by atoms with van der Waals surface area (Å²) in [7, 11) is 0. The summed E-state index contributed by atoms with van der Waals surface area (Å²) in [4.78, 5) is 24.1. The van der Waals surface area contributed by atoms with Crippen LogP contribution in [0.4, 0.5) is 14.9 Å². The number of benzene rings is 1. The highest BCUT2D eigenvalue weighted by Gasteiger charge is 2.27. The molecule has 0 saturated carbocycles. The van der Waals surface area contributed by atoms with Crippen LogP contribution in [0, 0.1) is 11.7 Å². The number of rotatable bonds is 4. The largest absolute Gasteiger partial charge is 0.481 e. The van der Waals surface area contributed by atoms with Crippen molar-refractivity contribution in [3.05, 3.63) is 29.0 Å². The number of likely N-dealkylation sites (tertiary alicyclic amines) is 1. The van der Waals surface area contributed by atoms with Gasteiger partial charge in [0.1, 0.15) is 0 Å². The molecule has 5 nitrogen and oxygen atoms in total. The fourth-order valence-corrected chi connectivity index (χ4v) is 2.55. The summed E-state index contributed by atoms with van der Waals surface area (Å²) in [6.07, 6.45) is 1.41. The standard InChI is InChI=1S/C14H16ClFN2O3/c15-10-2-1-3-11(13(10)16)17-14(21)18-7-6-9(8-18)4-5-12(19)20/h1-3,9H,4-8H2,(H,17,21)(H,19,20). The molecule has 1 heterocycles. The molecule has 114 valence electrons. The molecule has 0 spiro atoms. The van der Waals surface area contributed by atoms with Crippen molar-refractivity contribution in [1.29, 1.82) is 0 Å². The Balaban J connectivity index is 1.90. The highest BCUT2D eigenvalue weighted by Crippen LogP contribution is 2.24. The monoisotopic (exact) mass is 314 g/mol. The lowest BCUT2D eigenvalue weighted by atomic mass is 10.0. The second kappa shape index (κ2) is 6.76. The van der Waals surface area contributed by atoms with Crippen LogP contribution in [0.2, 0.25) is 5.02 Å². The van der Waals surface area contributed by atoms with E-state index in [1.165, 1.54) is 12.1 Å². The molecule has 7 heteroatoms. The predicted octanol–water partition coefficient (Wildman–Crippen LogP) is 3.20. The van der Waals surface area contributed by atoms with Gasteiger partial charge in [0.15, 0.2) is 5.82 Å². The Hall–Kier alpha value is -1.82. The lowest BCUT2D eigenvalue weighted by Crippen LogP contribution is -2.33. The number of hydrogen-bond donors (Lipinski definition) is 2. The van der Waals surface area contributed by atoms with E-state index in [9.17, 15) is 14.0 Å². The molecule has 1 unspecified atom stereocenters. The van der Waals surface area contributed by atoms with E-state index in [0.717, 1.165) is 6.42 Å². The number of carbonyl (C=O) groups is 2. The van der Waals surface area contributed by atoms with E-state index >= 15 is 0 Å². The first-order valence-electron chi connectivity index (χ1n) is 6.69. The number of urea groups is 1. The molecule has 1 aromatic carbocycles. The number of halogens is 2. The van der Waals surface area contributed by atoms with Gasteiger partial charge in [-0.3, -0.25) is 4.79 Å². The SMILES string of the molecule is O=C(O)CCC1CCN(C(=O)Nc2cccc(Cl)c2F)C1. The smallest absolute Gasteiger partial charge is 0.321 e. The highest BCUT2D eigenvalue weighted by molar-refractivity contribution is 6.31. The van der Waals surface area contributed by atoms with Crippen LogP contribution >= 0.6 is 11.6 Å². The van der Waals surface area contributed by atoms with Gasteiger partial charge in [0.25, 0.3) is 0 Å². The third-order valence-electron chi connectivity index (χ3n) is 3.53. The lowest BCUT2D eigenvalue weighted by Gasteiger charge is -2.17. The van der Waals surface area contributed by atoms with E-state index in [-0.39, 0.29) is 23.0 Å². The second-order valence-electron chi connectivity index (χ2n) is 5.06. The fourth-order valence-electron chi connectivity index (χ4n) is 2.37. The first-order chi connectivity index (χ1) is 9.97. The number of hydrogen-bond acceptors (Lipinski definition) is 2. The summed E-state index contributed by atoms with van der Waals surface area (Å²) in [5, 5.41) is 11.1. The molecular weight excluding hydrogens is 299 g/mol. The topological polar surface area (TPSA) is 69.6 Å². The lowest BCUT2D eigenvalue weighted by molar-refractivity contribution is -0.137. The molecule has 21 heavy (non-hydrogen) atoms. The minimum Gasteiger partial charge on any atom is -0.481 e. The van der Waals surface area contributed by atoms with Gasteiger partial charge in [-0.2, -0.15) is 0 Å². The Bertz CT molecular complexity index is 553. The Labute approximate surface area is 126 Å². The van der Waals surface area contributed by atoms with Crippen molar-refractivity contribution in [2.75, 3.05) is 18.4 Å². The summed E-state index contributed by atoms with van der Waals surface area (Å²) in [5.74, 6) is -1.32. The molecule has 0 bridgehead atoms. The average Bonchev–Trinajstić information content (AvgIpc) is 2.90. The first kappa shape index (κ1) is 15.6. The Kier molecular flexibility index (Phi) is 5.01. The Morgan fingerprint density at radius 1 is 1.48 bits per heavy atom. The number of nitrogens with one attached hydrogen (secondary N) is 1. The molecular formula is C14H16ClFN2O3. The van der Waals surface area contributed by atoms with Crippen molar-refractivity contribution in [3.63, 3.8) is 0 Å². The summed E-state index contributed by atoms with van der Waals surface area (Å²) in [5.41, 5.74) is 0.0430. The minimum atomic E-state index is -0.834. The predicted molar refractivity (Wildman–Crippen MR) is 77.0 cm³/mol. The minimum absolute atomic E-state index is 0.0430. The molecule has 1 fully saturated rings. The van der Waals surface area contributed by atoms with Gasteiger partial charge in [-0.05, 0) is 30.9 Å². The maximum atomic E-state index is 13.7. The molecule has 1 aliphatic heterocycles. The van der Waals surface area contributed by atoms with Crippen LogP contribution in [-0.4, -0.2) is 35.1 Å². The molecule has 1 atom stereocenters. The summed E-state index contributed by atoms with van der Waals surface area (Å²) in [6.45, 7) is 1.03. The summed E-state index contributed by atoms with van der Waals surface area (Å²) < 4.78 is 13.7. The third kappa shape index (κ3) is 4.07. The first-order valence-corrected chi connectivity index (χ1v) is 7.07. The highest BCUT2D eigenvalue weighted by atomic mass is 35.5. The van der Waals surface area contributed by atoms with Crippen LogP contribution in [0.3, 0.4) is 0 Å². The Morgan fingerprint density at radius 3 is 2.95 bits per heavy atom. The summed E-state index contributed by atoms with van der Waals surface area (Å²) >= 11 is 5.66. The number of anilines is 1. The molecule has 1 aromatic rings. The van der Waals surface area contributed by atoms with E-state index in [2.05, 4.69) is 5.32 Å². The van der Waals surface area contributed by atoms with Crippen molar-refractivity contribution >= 4 is 29.3 Å². The van der Waals surface area contributed by atoms with Gasteiger partial charge in [0, 0.05) is 19.5 Å². The van der Waals surface area contributed by atoms with E-state index in [0.29, 0.717) is 19.5 Å². The van der Waals surface area contributed by atoms with E-state index in [1.54, 1.807) is 11.0 Å². The zero-order chi connectivity index (χ0) is 15.4. The van der Waals surface area contributed by atoms with Gasteiger partial charge in [-0.25, -0.2) is 9.18 Å². The van der Waals surface area contributed by atoms with Gasteiger partial charge in [-0.1, -0.05) is 17.7 Å². The van der Waals surface area contributed by atoms with Gasteiger partial charge in [0.05, 0.1) is 10.7 Å². The number of carboxylic acids is 1. The van der Waals surface area contributed by atoms with Crippen LogP contribution in [-0.2, 0) is 4.79 Å². The quantitative estimate of drug-likeness (QED) is 0.896. The third-order valence-corrected chi connectivity index (χ3v) is 3.82. The zero-order valence-corrected chi connectivity index (χ0v) is 12.1. The summed E-state index contributed by atoms with van der Waals surface area (Å²) in [6, 6.07) is 4.01. The van der Waals surface area contributed by atoms with E-state index in [1.807, 2.05) is 0 Å². The van der Waals surface area contributed by atoms with Gasteiger partial charge >= 0.3 is 12.0 Å². The molecule has 0 radical (unpaired) electrons. The van der Waals surface area contributed by atoms with Crippen LogP contribution < -0.4 is 5.32 Å². The van der Waals surface area contributed by atoms with Crippen LogP contribution in [0.25, 0.3) is 0 Å². The van der Waals surface area contributed by atoms with E-state index in [4.69, 9.17) is 16.7 Å². The molecule has 0 aromatic heterocycles. The average molecular weight is 315 g/mol. The number of nitrogens with zero attached hydrogens (tertiary/aromatic N) is 1.